The highest BCUT2D eigenvalue weighted by Gasteiger charge is 2.08. The summed E-state index contributed by atoms with van der Waals surface area (Å²) < 4.78 is 12.9. The molecule has 0 amide bonds. The lowest BCUT2D eigenvalue weighted by Gasteiger charge is -2.03. The van der Waals surface area contributed by atoms with Crippen LogP contribution in [0.3, 0.4) is 0 Å². The molecule has 0 saturated heterocycles. The molecular formula is C8H10FNO. The zero-order chi connectivity index (χ0) is 8.43. The number of H-pyrrole nitrogens is 1. The van der Waals surface area contributed by atoms with Crippen LogP contribution in [0.4, 0.5) is 4.39 Å². The molecule has 0 fully saturated rings. The van der Waals surface area contributed by atoms with Crippen molar-refractivity contribution in [3.05, 3.63) is 34.0 Å². The van der Waals surface area contributed by atoms with E-state index in [1.54, 1.807) is 6.07 Å². The monoisotopic (exact) mass is 155 g/mol. The molecule has 3 heteroatoms. The summed E-state index contributed by atoms with van der Waals surface area (Å²) in [5, 5.41) is 0. The minimum atomic E-state index is -0.664. The lowest BCUT2D eigenvalue weighted by molar-refractivity contribution is 0.580. The summed E-state index contributed by atoms with van der Waals surface area (Å²) >= 11 is 0. The molecule has 2 nitrogen and oxygen atoms in total. The Kier molecular flexibility index (Phi) is 2.08. The molecule has 0 spiro atoms. The molecular weight excluding hydrogens is 145 g/mol. The number of aromatic amines is 1. The Morgan fingerprint density at radius 3 is 2.64 bits per heavy atom. The lowest BCUT2D eigenvalue weighted by Crippen LogP contribution is -2.13. The first kappa shape index (κ1) is 7.98. The van der Waals surface area contributed by atoms with Gasteiger partial charge in [-0.15, -0.1) is 0 Å². The second-order valence-electron chi connectivity index (χ2n) is 2.73. The van der Waals surface area contributed by atoms with Crippen LogP contribution in [-0.2, 0) is 0 Å². The van der Waals surface area contributed by atoms with Gasteiger partial charge in [0.2, 0.25) is 0 Å². The summed E-state index contributed by atoms with van der Waals surface area (Å²) in [7, 11) is 0. The summed E-state index contributed by atoms with van der Waals surface area (Å²) in [6.45, 7) is 3.69. The van der Waals surface area contributed by atoms with Crippen molar-refractivity contribution in [1.29, 1.82) is 0 Å². The van der Waals surface area contributed by atoms with E-state index in [1.807, 2.05) is 13.8 Å². The van der Waals surface area contributed by atoms with E-state index >= 15 is 0 Å². The highest BCUT2D eigenvalue weighted by molar-refractivity contribution is 5.16. The average molecular weight is 155 g/mol. The fourth-order valence-corrected chi connectivity index (χ4v) is 0.921. The molecule has 1 N–H and O–H groups in total. The predicted molar refractivity (Wildman–Crippen MR) is 41.1 cm³/mol. The third-order valence-electron chi connectivity index (χ3n) is 1.55. The third kappa shape index (κ3) is 1.48. The maximum Gasteiger partial charge on any atom is 0.284 e. The summed E-state index contributed by atoms with van der Waals surface area (Å²) in [4.78, 5) is 13.0. The van der Waals surface area contributed by atoms with Gasteiger partial charge in [0.1, 0.15) is 0 Å². The molecule has 0 bridgehead atoms. The van der Waals surface area contributed by atoms with E-state index in [2.05, 4.69) is 4.98 Å². The molecule has 0 unspecified atom stereocenters. The molecule has 1 rings (SSSR count). The Bertz CT molecular complexity index is 303. The predicted octanol–water partition coefficient (Wildman–Crippen LogP) is 1.64. The van der Waals surface area contributed by atoms with Crippen molar-refractivity contribution in [2.45, 2.75) is 19.8 Å². The Hall–Kier alpha value is -1.12. The second-order valence-corrected chi connectivity index (χ2v) is 2.73. The summed E-state index contributed by atoms with van der Waals surface area (Å²) in [6.07, 6.45) is 1.46. The van der Waals surface area contributed by atoms with Gasteiger partial charge >= 0.3 is 0 Å². The molecule has 0 aliphatic carbocycles. The molecule has 1 aromatic rings. The van der Waals surface area contributed by atoms with Crippen LogP contribution in [0.1, 0.15) is 25.3 Å². The van der Waals surface area contributed by atoms with Gasteiger partial charge in [-0.2, -0.15) is 0 Å². The Morgan fingerprint density at radius 1 is 1.55 bits per heavy atom. The molecule has 0 saturated carbocycles. The average Bonchev–Trinajstić information content (AvgIpc) is 1.94. The highest BCUT2D eigenvalue weighted by Crippen LogP contribution is 2.13. The van der Waals surface area contributed by atoms with E-state index in [1.165, 1.54) is 6.20 Å². The van der Waals surface area contributed by atoms with Crippen molar-refractivity contribution >= 4 is 0 Å². The van der Waals surface area contributed by atoms with E-state index in [0.29, 0.717) is 5.56 Å². The molecule has 0 aliphatic heterocycles. The van der Waals surface area contributed by atoms with Gasteiger partial charge in [-0.05, 0) is 17.5 Å². The van der Waals surface area contributed by atoms with Crippen molar-refractivity contribution < 1.29 is 4.39 Å². The Morgan fingerprint density at radius 2 is 2.18 bits per heavy atom. The normalized spacial score (nSPS) is 10.5. The second kappa shape index (κ2) is 2.86. The number of hydrogen-bond acceptors (Lipinski definition) is 1. The zero-order valence-corrected chi connectivity index (χ0v) is 6.52. The number of rotatable bonds is 1. The van der Waals surface area contributed by atoms with Gasteiger partial charge in [0, 0.05) is 6.20 Å². The molecule has 1 heterocycles. The fourth-order valence-electron chi connectivity index (χ4n) is 0.921. The number of nitrogens with one attached hydrogen (secondary N) is 1. The van der Waals surface area contributed by atoms with E-state index in [-0.39, 0.29) is 5.92 Å². The highest BCUT2D eigenvalue weighted by atomic mass is 19.1. The molecule has 0 radical (unpaired) electrons. The van der Waals surface area contributed by atoms with Gasteiger partial charge in [-0.3, -0.25) is 4.79 Å². The first-order valence-corrected chi connectivity index (χ1v) is 3.50. The summed E-state index contributed by atoms with van der Waals surface area (Å²) in [5.74, 6) is -0.611. The largest absolute Gasteiger partial charge is 0.327 e. The van der Waals surface area contributed by atoms with Gasteiger partial charge in [0.05, 0.1) is 0 Å². The van der Waals surface area contributed by atoms with Gasteiger partial charge in [0.15, 0.2) is 5.82 Å². The van der Waals surface area contributed by atoms with E-state index < -0.39 is 11.4 Å². The minimum Gasteiger partial charge on any atom is -0.327 e. The van der Waals surface area contributed by atoms with Crippen LogP contribution in [0, 0.1) is 5.82 Å². The van der Waals surface area contributed by atoms with Crippen molar-refractivity contribution in [2.75, 3.05) is 0 Å². The van der Waals surface area contributed by atoms with E-state index in [9.17, 15) is 9.18 Å². The first-order valence-electron chi connectivity index (χ1n) is 3.50. The van der Waals surface area contributed by atoms with Crippen molar-refractivity contribution in [2.24, 2.45) is 0 Å². The minimum absolute atomic E-state index is 0.0531. The Labute approximate surface area is 64.1 Å². The number of pyridine rings is 1. The van der Waals surface area contributed by atoms with Crippen LogP contribution < -0.4 is 5.56 Å². The molecule has 11 heavy (non-hydrogen) atoms. The molecule has 1 aromatic heterocycles. The standard InChI is InChI=1S/C8H10FNO/c1-5(2)6-3-4-10-8(11)7(6)9/h3-5H,1-2H3,(H,10,11). The molecule has 60 valence electrons. The molecule has 0 aliphatic rings. The van der Waals surface area contributed by atoms with Gasteiger partial charge < -0.3 is 4.98 Å². The van der Waals surface area contributed by atoms with Crippen LogP contribution in [0.15, 0.2) is 17.1 Å². The van der Waals surface area contributed by atoms with E-state index in [4.69, 9.17) is 0 Å². The van der Waals surface area contributed by atoms with Crippen LogP contribution in [0.2, 0.25) is 0 Å². The zero-order valence-electron chi connectivity index (χ0n) is 6.52. The summed E-state index contributed by atoms with van der Waals surface area (Å²) in [5.41, 5.74) is -0.176. The topological polar surface area (TPSA) is 32.9 Å². The number of hydrogen-bond donors (Lipinski definition) is 1. The SMILES string of the molecule is CC(C)c1cc[nH]c(=O)c1F. The first-order chi connectivity index (χ1) is 5.13. The van der Waals surface area contributed by atoms with Gasteiger partial charge in [-0.1, -0.05) is 13.8 Å². The lowest BCUT2D eigenvalue weighted by atomic mass is 10.1. The Balaban J connectivity index is 3.28. The van der Waals surface area contributed by atoms with Gasteiger partial charge in [0.25, 0.3) is 5.56 Å². The quantitative estimate of drug-likeness (QED) is 0.657. The third-order valence-corrected chi connectivity index (χ3v) is 1.55. The molecule has 0 atom stereocenters. The number of halogens is 1. The number of aromatic nitrogens is 1. The van der Waals surface area contributed by atoms with Crippen molar-refractivity contribution in [3.63, 3.8) is 0 Å². The maximum atomic E-state index is 12.9. The smallest absolute Gasteiger partial charge is 0.284 e. The fraction of sp³-hybridized carbons (Fsp3) is 0.375. The maximum absolute atomic E-state index is 12.9. The van der Waals surface area contributed by atoms with Gasteiger partial charge in [-0.25, -0.2) is 4.39 Å². The van der Waals surface area contributed by atoms with Crippen LogP contribution in [0.5, 0.6) is 0 Å². The van der Waals surface area contributed by atoms with Crippen LogP contribution in [-0.4, -0.2) is 4.98 Å². The van der Waals surface area contributed by atoms with Crippen molar-refractivity contribution in [3.8, 4) is 0 Å². The summed E-state index contributed by atoms with van der Waals surface area (Å²) in [6, 6.07) is 1.58. The molecule has 0 aromatic carbocycles. The van der Waals surface area contributed by atoms with Crippen LogP contribution in [0.25, 0.3) is 0 Å². The van der Waals surface area contributed by atoms with E-state index in [0.717, 1.165) is 0 Å². The van der Waals surface area contributed by atoms with Crippen LogP contribution >= 0.6 is 0 Å². The van der Waals surface area contributed by atoms with Crippen molar-refractivity contribution in [1.82, 2.24) is 4.98 Å².